The molecule has 33 heavy (non-hydrogen) atoms. The van der Waals surface area contributed by atoms with Crippen molar-refractivity contribution in [1.82, 2.24) is 4.90 Å². The molecule has 4 rings (SSSR count). The lowest BCUT2D eigenvalue weighted by Gasteiger charge is -2.39. The molecule has 0 aliphatic carbocycles. The Bertz CT molecular complexity index is 1200. The van der Waals surface area contributed by atoms with Crippen molar-refractivity contribution in [2.45, 2.75) is 18.4 Å². The van der Waals surface area contributed by atoms with Crippen LogP contribution in [0.15, 0.2) is 66.7 Å². The number of nitrogens with zero attached hydrogens (tertiary/aromatic N) is 2. The van der Waals surface area contributed by atoms with Crippen molar-refractivity contribution >= 4 is 5.91 Å². The molecule has 168 valence electrons. The van der Waals surface area contributed by atoms with Gasteiger partial charge >= 0.3 is 0 Å². The van der Waals surface area contributed by atoms with Gasteiger partial charge in [-0.15, -0.1) is 0 Å². The number of piperidine rings is 1. The molecule has 6 nitrogen and oxygen atoms in total. The van der Waals surface area contributed by atoms with Crippen LogP contribution in [0.25, 0.3) is 11.1 Å². The van der Waals surface area contributed by atoms with Gasteiger partial charge in [-0.25, -0.2) is 0 Å². The van der Waals surface area contributed by atoms with Gasteiger partial charge in [0.15, 0.2) is 0 Å². The topological polar surface area (TPSA) is 82.8 Å². The van der Waals surface area contributed by atoms with Crippen molar-refractivity contribution in [3.63, 3.8) is 0 Å². The van der Waals surface area contributed by atoms with Crippen LogP contribution in [0.5, 0.6) is 11.5 Å². The van der Waals surface area contributed by atoms with E-state index in [4.69, 9.17) is 9.47 Å². The van der Waals surface area contributed by atoms with Crippen LogP contribution in [0.2, 0.25) is 0 Å². The Balaban J connectivity index is 1.62. The summed E-state index contributed by atoms with van der Waals surface area (Å²) in [4.78, 5) is 15.1. The molecule has 0 saturated carbocycles. The van der Waals surface area contributed by atoms with E-state index in [1.807, 2.05) is 48.5 Å². The van der Waals surface area contributed by atoms with Gasteiger partial charge in [0.25, 0.3) is 5.91 Å². The maximum absolute atomic E-state index is 13.4. The van der Waals surface area contributed by atoms with E-state index in [1.165, 1.54) is 0 Å². The number of rotatable bonds is 5. The molecule has 3 aromatic carbocycles. The highest BCUT2D eigenvalue weighted by atomic mass is 16.5. The Morgan fingerprint density at radius 3 is 2.48 bits per heavy atom. The van der Waals surface area contributed by atoms with Gasteiger partial charge in [-0.3, -0.25) is 4.79 Å². The standard InChI is InChI=1S/C27H26N2O4/c1-32-23-11-9-19(10-12-23)25-15-20(7-8-21(25)17-28)26(30)29-14-4-13-27(31,18-29)22-5-3-6-24(16-22)33-2/h3,5-12,15-16,31H,4,13-14,18H2,1-2H3. The number of carbonyl (C=O) groups is 1. The predicted molar refractivity (Wildman–Crippen MR) is 125 cm³/mol. The number of benzene rings is 3. The highest BCUT2D eigenvalue weighted by Crippen LogP contribution is 2.34. The summed E-state index contributed by atoms with van der Waals surface area (Å²) in [7, 11) is 3.19. The van der Waals surface area contributed by atoms with E-state index in [0.29, 0.717) is 41.8 Å². The molecule has 0 bridgehead atoms. The van der Waals surface area contributed by atoms with Gasteiger partial charge < -0.3 is 19.5 Å². The van der Waals surface area contributed by atoms with Crippen LogP contribution in [-0.4, -0.2) is 43.2 Å². The van der Waals surface area contributed by atoms with Crippen LogP contribution in [0, 0.1) is 11.3 Å². The molecular formula is C27H26N2O4. The SMILES string of the molecule is COc1ccc(-c2cc(C(=O)N3CCCC(O)(c4cccc(OC)c4)C3)ccc2C#N)cc1. The smallest absolute Gasteiger partial charge is 0.253 e. The van der Waals surface area contributed by atoms with E-state index in [1.54, 1.807) is 37.3 Å². The van der Waals surface area contributed by atoms with E-state index >= 15 is 0 Å². The van der Waals surface area contributed by atoms with E-state index < -0.39 is 5.60 Å². The molecule has 1 aliphatic heterocycles. The lowest BCUT2D eigenvalue weighted by Crippen LogP contribution is -2.48. The first kappa shape index (κ1) is 22.4. The van der Waals surface area contributed by atoms with Gasteiger partial charge in [-0.1, -0.05) is 24.3 Å². The number of ether oxygens (including phenoxy) is 2. The van der Waals surface area contributed by atoms with Gasteiger partial charge in [-0.05, 0) is 66.4 Å². The Kier molecular flexibility index (Phi) is 6.34. The molecule has 6 heteroatoms. The van der Waals surface area contributed by atoms with Crippen molar-refractivity contribution in [2.75, 3.05) is 27.3 Å². The number of nitriles is 1. The van der Waals surface area contributed by atoms with Crippen molar-refractivity contribution < 1.29 is 19.4 Å². The van der Waals surface area contributed by atoms with E-state index in [9.17, 15) is 15.2 Å². The van der Waals surface area contributed by atoms with E-state index in [-0.39, 0.29) is 12.5 Å². The number of aliphatic hydroxyl groups is 1. The Morgan fingerprint density at radius 1 is 1.03 bits per heavy atom. The third-order valence-corrected chi connectivity index (χ3v) is 6.15. The normalized spacial score (nSPS) is 17.8. The maximum atomic E-state index is 13.4. The van der Waals surface area contributed by atoms with Gasteiger partial charge in [-0.2, -0.15) is 5.26 Å². The summed E-state index contributed by atoms with van der Waals surface area (Å²) < 4.78 is 10.5. The molecule has 1 unspecified atom stereocenters. The molecule has 0 aromatic heterocycles. The highest BCUT2D eigenvalue weighted by Gasteiger charge is 2.37. The van der Waals surface area contributed by atoms with Crippen LogP contribution in [0.3, 0.4) is 0 Å². The molecule has 1 heterocycles. The molecule has 1 atom stereocenters. The third-order valence-electron chi connectivity index (χ3n) is 6.15. The number of β-amino-alcohol motifs (C(OH)–C–C–N with tert-alkyl or cyclic N) is 1. The second-order valence-corrected chi connectivity index (χ2v) is 8.19. The fourth-order valence-corrected chi connectivity index (χ4v) is 4.32. The summed E-state index contributed by atoms with van der Waals surface area (Å²) in [5, 5.41) is 21.0. The molecule has 1 fully saturated rings. The lowest BCUT2D eigenvalue weighted by molar-refractivity contribution is -0.0290. The Morgan fingerprint density at radius 2 is 1.79 bits per heavy atom. The number of likely N-dealkylation sites (tertiary alicyclic amines) is 1. The van der Waals surface area contributed by atoms with Crippen molar-refractivity contribution in [3.05, 3.63) is 83.4 Å². The van der Waals surface area contributed by atoms with Crippen molar-refractivity contribution in [2.24, 2.45) is 0 Å². The van der Waals surface area contributed by atoms with Gasteiger partial charge in [0.05, 0.1) is 32.4 Å². The van der Waals surface area contributed by atoms with Gasteiger partial charge in [0.1, 0.15) is 17.1 Å². The van der Waals surface area contributed by atoms with Crippen LogP contribution in [0.1, 0.15) is 34.3 Å². The summed E-state index contributed by atoms with van der Waals surface area (Å²) in [5.74, 6) is 1.21. The summed E-state index contributed by atoms with van der Waals surface area (Å²) in [6.45, 7) is 0.750. The molecule has 0 radical (unpaired) electrons. The zero-order valence-electron chi connectivity index (χ0n) is 18.7. The number of methoxy groups -OCH3 is 2. The summed E-state index contributed by atoms with van der Waals surface area (Å²) in [5.41, 5.74) is 2.07. The molecule has 0 spiro atoms. The molecule has 1 N–H and O–H groups in total. The average molecular weight is 443 g/mol. The van der Waals surface area contributed by atoms with Crippen LogP contribution in [-0.2, 0) is 5.60 Å². The summed E-state index contributed by atoms with van der Waals surface area (Å²) >= 11 is 0. The minimum atomic E-state index is -1.14. The Labute approximate surface area is 193 Å². The second-order valence-electron chi connectivity index (χ2n) is 8.19. The fraction of sp³-hybridized carbons (Fsp3) is 0.259. The second kappa shape index (κ2) is 9.35. The van der Waals surface area contributed by atoms with Gasteiger partial charge in [0.2, 0.25) is 0 Å². The summed E-state index contributed by atoms with van der Waals surface area (Å²) in [6, 6.07) is 22.0. The molecular weight excluding hydrogens is 416 g/mol. The maximum Gasteiger partial charge on any atom is 0.253 e. The average Bonchev–Trinajstić information content (AvgIpc) is 2.88. The number of carbonyl (C=O) groups excluding carboxylic acids is 1. The van der Waals surface area contributed by atoms with E-state index in [0.717, 1.165) is 16.9 Å². The van der Waals surface area contributed by atoms with Crippen LogP contribution >= 0.6 is 0 Å². The van der Waals surface area contributed by atoms with Crippen LogP contribution in [0.4, 0.5) is 0 Å². The van der Waals surface area contributed by atoms with Crippen LogP contribution < -0.4 is 9.47 Å². The molecule has 1 amide bonds. The number of hydrogen-bond donors (Lipinski definition) is 1. The zero-order valence-corrected chi connectivity index (χ0v) is 18.7. The van der Waals surface area contributed by atoms with Crippen molar-refractivity contribution in [1.29, 1.82) is 5.26 Å². The zero-order chi connectivity index (χ0) is 23.4. The first-order valence-electron chi connectivity index (χ1n) is 10.8. The quantitative estimate of drug-likeness (QED) is 0.635. The number of hydrogen-bond acceptors (Lipinski definition) is 5. The third kappa shape index (κ3) is 4.55. The highest BCUT2D eigenvalue weighted by molar-refractivity contribution is 5.96. The predicted octanol–water partition coefficient (Wildman–Crippen LogP) is 4.37. The molecule has 1 aliphatic rings. The lowest BCUT2D eigenvalue weighted by atomic mass is 9.85. The molecule has 3 aromatic rings. The first-order valence-corrected chi connectivity index (χ1v) is 10.8. The monoisotopic (exact) mass is 442 g/mol. The summed E-state index contributed by atoms with van der Waals surface area (Å²) in [6.07, 6.45) is 1.25. The van der Waals surface area contributed by atoms with Crippen molar-refractivity contribution in [3.8, 4) is 28.7 Å². The minimum Gasteiger partial charge on any atom is -0.497 e. The minimum absolute atomic E-state index is 0.171. The van der Waals surface area contributed by atoms with E-state index in [2.05, 4.69) is 6.07 Å². The largest absolute Gasteiger partial charge is 0.497 e. The molecule has 1 saturated heterocycles. The number of amides is 1. The fourth-order valence-electron chi connectivity index (χ4n) is 4.32. The first-order chi connectivity index (χ1) is 16.0. The Hall–Kier alpha value is -3.82. The van der Waals surface area contributed by atoms with Gasteiger partial charge in [0, 0.05) is 17.7 Å².